The predicted molar refractivity (Wildman–Crippen MR) is 509 cm³/mol. The number of ether oxygens (including phenoxy) is 11. The fraction of sp³-hybridized carbons (Fsp3) is 0.247. The van der Waals surface area contributed by atoms with E-state index in [1.54, 1.807) is 97.4 Å². The highest BCUT2D eigenvalue weighted by Gasteiger charge is 2.30. The van der Waals surface area contributed by atoms with Gasteiger partial charge in [-0.25, -0.2) is 24.9 Å². The van der Waals surface area contributed by atoms with Crippen LogP contribution in [0.2, 0.25) is 35.2 Å². The van der Waals surface area contributed by atoms with E-state index in [1.807, 2.05) is 164 Å². The highest BCUT2D eigenvalue weighted by molar-refractivity contribution is 6.39. The summed E-state index contributed by atoms with van der Waals surface area (Å²) in [4.78, 5) is 70.5. The van der Waals surface area contributed by atoms with E-state index in [0.717, 1.165) is 107 Å². The van der Waals surface area contributed by atoms with Crippen LogP contribution in [0.4, 0.5) is 19.1 Å². The maximum Gasteiger partial charge on any atom is 0.422 e. The zero-order chi connectivity index (χ0) is 94.8. The molecule has 0 bridgehead atoms. The summed E-state index contributed by atoms with van der Waals surface area (Å²) in [6.07, 6.45) is 3.99. The van der Waals surface area contributed by atoms with E-state index in [2.05, 4.69) is 89.4 Å². The molecule has 17 aromatic rings. The third-order valence-electron chi connectivity index (χ3n) is 19.8. The summed E-state index contributed by atoms with van der Waals surface area (Å²) >= 11 is 43.9. The van der Waals surface area contributed by atoms with Crippen LogP contribution in [0.3, 0.4) is 0 Å². The Labute approximate surface area is 791 Å². The van der Waals surface area contributed by atoms with Crippen LogP contribution in [0.1, 0.15) is 45.9 Å². The molecule has 0 amide bonds. The lowest BCUT2D eigenvalue weighted by Gasteiger charge is -2.27. The van der Waals surface area contributed by atoms with Crippen LogP contribution in [0.25, 0.3) is 105 Å². The molecule has 1 aliphatic heterocycles. The number of benzene rings is 8. The normalized spacial score (nSPS) is 11.6. The number of methoxy groups -OCH3 is 8. The molecule has 0 saturated carbocycles. The molecule has 9 aromatic heterocycles. The zero-order valence-electron chi connectivity index (χ0n) is 74.1. The lowest BCUT2D eigenvalue weighted by atomic mass is 10.1. The average Bonchev–Trinajstić information content (AvgIpc) is 1.02. The molecule has 0 radical (unpaired) electrons. The second kappa shape index (κ2) is 44.8. The summed E-state index contributed by atoms with van der Waals surface area (Å²) in [5, 5.41) is 9.36. The Bertz CT molecular complexity index is 6860. The number of imidazole rings is 1. The molecule has 132 heavy (non-hydrogen) atoms. The van der Waals surface area contributed by atoms with Crippen LogP contribution in [-0.4, -0.2) is 187 Å². The Morgan fingerprint density at radius 3 is 0.977 bits per heavy atom. The molecule has 0 aliphatic carbocycles. The number of fused-ring (bicyclic) bond motifs is 7. The van der Waals surface area contributed by atoms with Gasteiger partial charge in [-0.1, -0.05) is 154 Å². The maximum atomic E-state index is 12.1. The van der Waals surface area contributed by atoms with Gasteiger partial charge in [0.15, 0.2) is 18.3 Å². The molecule has 39 heteroatoms. The quantitative estimate of drug-likeness (QED) is 0.0867. The van der Waals surface area contributed by atoms with E-state index < -0.39 is 18.8 Å². The van der Waals surface area contributed by atoms with Crippen molar-refractivity contribution in [2.24, 2.45) is 0 Å². The number of alkyl halides is 3. The number of nitrogens with zero attached hydrogens (tertiary/aromatic N) is 18. The van der Waals surface area contributed by atoms with Gasteiger partial charge in [-0.05, 0) is 149 Å². The van der Waals surface area contributed by atoms with Crippen LogP contribution >= 0.6 is 81.2 Å². The number of pyridine rings is 1. The van der Waals surface area contributed by atoms with Crippen molar-refractivity contribution in [3.05, 3.63) is 233 Å². The smallest absolute Gasteiger partial charge is 0.422 e. The van der Waals surface area contributed by atoms with Gasteiger partial charge >= 0.3 is 24.2 Å². The summed E-state index contributed by atoms with van der Waals surface area (Å²) in [5.74, 6) is 5.46. The lowest BCUT2D eigenvalue weighted by molar-refractivity contribution is -0.154. The molecule has 0 atom stereocenters. The van der Waals surface area contributed by atoms with Crippen molar-refractivity contribution >= 4 is 163 Å². The summed E-state index contributed by atoms with van der Waals surface area (Å²) in [7, 11) is 12.3. The van der Waals surface area contributed by atoms with Gasteiger partial charge in [0.05, 0.1) is 172 Å². The molecule has 1 saturated heterocycles. The van der Waals surface area contributed by atoms with Crippen LogP contribution in [-0.2, 0) is 4.74 Å². The van der Waals surface area contributed by atoms with E-state index in [1.165, 1.54) is 14.2 Å². The van der Waals surface area contributed by atoms with Crippen molar-refractivity contribution < 1.29 is 65.3 Å². The van der Waals surface area contributed by atoms with Crippen LogP contribution in [0.5, 0.6) is 59.2 Å². The number of aryl methyl sites for hydroxylation is 7. The van der Waals surface area contributed by atoms with Crippen molar-refractivity contribution in [3.63, 3.8) is 0 Å². The molecule has 684 valence electrons. The number of hydrogen-bond donors (Lipinski definition) is 0. The SMILES string of the molecule is CCOc1nc(OC)c2ccc(C)c(Cl)c2n1.COc1nc(-c2ccccc2)nc2c(Cl)c(C)ccc12.COc1nc(-c2ccncc2)nc2c(Cl)c(C)ccc12.COc1nc(-n2ccnc2)nc2c(Cl)c(C)ccc12.COc1nc(N2CCOCC2)nc2c(Cl)c(C)ccc12.COc1nc(OC)c2ccc(C)c(Cl)c2n1.COc1nc(OCC(F)(F)F)nc2c(Cl)c(C)ccc12. The van der Waals surface area contributed by atoms with E-state index in [0.29, 0.717) is 141 Å². The lowest BCUT2D eigenvalue weighted by Crippen LogP contribution is -2.37. The minimum atomic E-state index is -4.47. The fourth-order valence-corrected chi connectivity index (χ4v) is 14.3. The third kappa shape index (κ3) is 23.0. The molecule has 1 aliphatic rings. The van der Waals surface area contributed by atoms with Crippen molar-refractivity contribution in [1.82, 2.24) is 84.3 Å². The molecular formula is C93H86Cl7F3N18O11. The second-order valence-corrected chi connectivity index (χ2v) is 31.2. The van der Waals surface area contributed by atoms with E-state index in [4.69, 9.17) is 129 Å². The van der Waals surface area contributed by atoms with Gasteiger partial charge in [0.1, 0.15) is 22.9 Å². The predicted octanol–water partition coefficient (Wildman–Crippen LogP) is 22.3. The van der Waals surface area contributed by atoms with Crippen molar-refractivity contribution in [2.45, 2.75) is 61.6 Å². The van der Waals surface area contributed by atoms with Gasteiger partial charge in [-0.3, -0.25) is 9.55 Å². The first kappa shape index (κ1) is 98.1. The number of hydrogen-bond acceptors (Lipinski definition) is 28. The first-order valence-electron chi connectivity index (χ1n) is 40.2. The molecule has 1 fully saturated rings. The van der Waals surface area contributed by atoms with Crippen molar-refractivity contribution in [1.29, 1.82) is 0 Å². The monoisotopic (exact) mass is 1930 g/mol. The molecule has 0 spiro atoms. The Balaban J connectivity index is 0.000000139. The summed E-state index contributed by atoms with van der Waals surface area (Å²) in [6.45, 7) is 17.2. The number of rotatable bonds is 16. The van der Waals surface area contributed by atoms with E-state index >= 15 is 0 Å². The summed E-state index contributed by atoms with van der Waals surface area (Å²) < 4.78 is 95.2. The Morgan fingerprint density at radius 1 is 0.326 bits per heavy atom. The maximum absolute atomic E-state index is 12.1. The first-order chi connectivity index (χ1) is 63.5. The number of halogens is 10. The van der Waals surface area contributed by atoms with Crippen molar-refractivity contribution in [2.75, 3.05) is 101 Å². The van der Waals surface area contributed by atoms with Crippen LogP contribution < -0.4 is 52.3 Å². The van der Waals surface area contributed by atoms with Crippen LogP contribution in [0.15, 0.2) is 159 Å². The minimum Gasteiger partial charge on any atom is -0.480 e. The molecule has 10 heterocycles. The minimum absolute atomic E-state index is 0.106. The van der Waals surface area contributed by atoms with E-state index in [9.17, 15) is 13.2 Å². The molecule has 0 unspecified atom stereocenters. The Kier molecular flexibility index (Phi) is 33.3. The molecular weight excluding hydrogens is 1850 g/mol. The summed E-state index contributed by atoms with van der Waals surface area (Å²) in [5.41, 5.74) is 12.8. The van der Waals surface area contributed by atoms with E-state index in [-0.39, 0.29) is 23.4 Å². The largest absolute Gasteiger partial charge is 0.480 e. The van der Waals surface area contributed by atoms with Gasteiger partial charge in [0.25, 0.3) is 0 Å². The highest BCUT2D eigenvalue weighted by Crippen LogP contribution is 2.40. The molecule has 29 nitrogen and oxygen atoms in total. The Morgan fingerprint density at radius 2 is 0.636 bits per heavy atom. The van der Waals surface area contributed by atoms with Gasteiger partial charge < -0.3 is 57.0 Å². The van der Waals surface area contributed by atoms with Gasteiger partial charge in [0, 0.05) is 49.0 Å². The standard InChI is InChI=1S/C16H13ClN2O.C15H12ClN3O.C14H16ClN3O2.C13H11ClN4O.C12H10ClF3N2O2.C12H13ClN2O2.C11H11ClN2O2/c1-10-8-9-12-14(13(10)17)18-15(19-16(12)20-2)11-6-4-3-5-7-11;1-9-3-4-11-13(12(9)16)18-14(19-15(11)20-2)10-5-7-17-8-6-10;1-9-3-4-10-12(11(9)15)16-14(17-13(10)19-2)18-5-7-20-8-6-18;1-8-3-4-9-11(10(8)14)16-13(17-12(9)19-2)18-6-5-15-7-18;1-6-3-4-7-9(8(6)13)17-11(18-10(7)19-2)20-5-12(14,15)16;1-4-17-12-14-10-8(11(15-12)16-3)6-5-7(2)9(10)13;1-6-4-5-7-9(8(6)12)13-11(16-3)14-10(7)15-2/h3-9H,1-2H3;3-8H,1-2H3;3-4H,5-8H2,1-2H3;3-7H,1-2H3;3-4H,5H2,1-2H3;5-6H,4H2,1-3H3;4-5H,1-3H3. The van der Waals surface area contributed by atoms with Gasteiger partial charge in [-0.2, -0.15) is 63.0 Å². The first-order valence-corrected chi connectivity index (χ1v) is 42.8. The molecule has 18 rings (SSSR count). The highest BCUT2D eigenvalue weighted by atomic mass is 35.5. The number of aromatic nitrogens is 17. The van der Waals surface area contributed by atoms with Crippen molar-refractivity contribution in [3.8, 4) is 87.9 Å². The zero-order valence-corrected chi connectivity index (χ0v) is 79.4. The second-order valence-electron chi connectivity index (χ2n) is 28.6. The molecule has 0 N–H and O–H groups in total. The molecule has 8 aromatic carbocycles. The summed E-state index contributed by atoms with van der Waals surface area (Å²) in [6, 6.07) is 40.1. The third-order valence-corrected chi connectivity index (χ3v) is 23.2. The fourth-order valence-electron chi connectivity index (χ4n) is 12.9. The number of anilines is 1. The van der Waals surface area contributed by atoms with Gasteiger partial charge in [-0.15, -0.1) is 0 Å². The Hall–Kier alpha value is -12.9. The average molecular weight is 1940 g/mol. The number of morpholine rings is 1. The van der Waals surface area contributed by atoms with Gasteiger partial charge in [0.2, 0.25) is 53.1 Å². The topological polar surface area (TPSA) is 316 Å². The van der Waals surface area contributed by atoms with Crippen LogP contribution in [0, 0.1) is 48.5 Å².